The van der Waals surface area contributed by atoms with Crippen LogP contribution < -0.4 is 22.1 Å². The Hall–Kier alpha value is -1.85. The van der Waals surface area contributed by atoms with Crippen molar-refractivity contribution in [3.8, 4) is 0 Å². The lowest BCUT2D eigenvalue weighted by Gasteiger charge is -2.09. The number of rotatable bonds is 4. The fourth-order valence-electron chi connectivity index (χ4n) is 1.11. The van der Waals surface area contributed by atoms with Crippen LogP contribution in [0, 0.1) is 0 Å². The first-order valence-corrected chi connectivity index (χ1v) is 4.83. The van der Waals surface area contributed by atoms with Gasteiger partial charge in [0.25, 0.3) is 5.91 Å². The molecular formula is C11H16N4O. The Kier molecular flexibility index (Phi) is 4.04. The highest BCUT2D eigenvalue weighted by molar-refractivity contribution is 5.94. The molecule has 0 aliphatic heterocycles. The molecule has 0 aromatic heterocycles. The SMILES string of the molecule is C=C(C)Nc1ccc(NC(=O)C(N)N)cc1. The van der Waals surface area contributed by atoms with Crippen LogP contribution in [0.5, 0.6) is 0 Å². The van der Waals surface area contributed by atoms with Gasteiger partial charge in [-0.05, 0) is 31.2 Å². The molecule has 0 saturated carbocycles. The Morgan fingerprint density at radius 2 is 1.62 bits per heavy atom. The summed E-state index contributed by atoms with van der Waals surface area (Å²) in [5.41, 5.74) is 12.8. The monoisotopic (exact) mass is 220 g/mol. The van der Waals surface area contributed by atoms with Crippen LogP contribution in [-0.2, 0) is 4.79 Å². The van der Waals surface area contributed by atoms with E-state index in [4.69, 9.17) is 11.5 Å². The van der Waals surface area contributed by atoms with Gasteiger partial charge in [0.1, 0.15) is 6.17 Å². The first kappa shape index (κ1) is 12.2. The summed E-state index contributed by atoms with van der Waals surface area (Å²) in [6.45, 7) is 5.59. The third-order valence-corrected chi connectivity index (χ3v) is 1.81. The van der Waals surface area contributed by atoms with E-state index in [1.54, 1.807) is 12.1 Å². The van der Waals surface area contributed by atoms with Gasteiger partial charge in [-0.15, -0.1) is 0 Å². The van der Waals surface area contributed by atoms with E-state index in [1.165, 1.54) is 0 Å². The zero-order valence-electron chi connectivity index (χ0n) is 9.16. The number of amides is 1. The van der Waals surface area contributed by atoms with Gasteiger partial charge in [0.05, 0.1) is 0 Å². The lowest BCUT2D eigenvalue weighted by molar-refractivity contribution is -0.117. The number of nitrogens with one attached hydrogen (secondary N) is 2. The van der Waals surface area contributed by atoms with Crippen molar-refractivity contribution in [2.45, 2.75) is 13.1 Å². The minimum absolute atomic E-state index is 0.416. The molecule has 0 fully saturated rings. The van der Waals surface area contributed by atoms with E-state index in [0.717, 1.165) is 11.4 Å². The second-order valence-electron chi connectivity index (χ2n) is 3.50. The average Bonchev–Trinajstić information content (AvgIpc) is 2.20. The summed E-state index contributed by atoms with van der Waals surface area (Å²) in [5, 5.41) is 5.63. The van der Waals surface area contributed by atoms with Crippen LogP contribution >= 0.6 is 0 Å². The molecule has 0 saturated heterocycles. The lowest BCUT2D eigenvalue weighted by atomic mass is 10.2. The lowest BCUT2D eigenvalue weighted by Crippen LogP contribution is -2.43. The van der Waals surface area contributed by atoms with E-state index in [1.807, 2.05) is 19.1 Å². The molecule has 1 rings (SSSR count). The molecule has 0 aliphatic rings. The molecule has 6 N–H and O–H groups in total. The molecule has 0 bridgehead atoms. The second kappa shape index (κ2) is 5.29. The highest BCUT2D eigenvalue weighted by Gasteiger charge is 2.07. The molecule has 1 amide bonds. The number of hydrogen-bond donors (Lipinski definition) is 4. The van der Waals surface area contributed by atoms with Crippen LogP contribution in [0.1, 0.15) is 6.92 Å². The van der Waals surface area contributed by atoms with Gasteiger partial charge in [0.15, 0.2) is 0 Å². The summed E-state index contributed by atoms with van der Waals surface area (Å²) in [7, 11) is 0. The van der Waals surface area contributed by atoms with E-state index >= 15 is 0 Å². The van der Waals surface area contributed by atoms with Crippen LogP contribution in [0.15, 0.2) is 36.5 Å². The molecular weight excluding hydrogens is 204 g/mol. The molecule has 0 radical (unpaired) electrons. The van der Waals surface area contributed by atoms with Crippen molar-refractivity contribution in [2.24, 2.45) is 11.5 Å². The fraction of sp³-hybridized carbons (Fsp3) is 0.182. The third-order valence-electron chi connectivity index (χ3n) is 1.81. The molecule has 1 aromatic rings. The van der Waals surface area contributed by atoms with Crippen molar-refractivity contribution in [3.05, 3.63) is 36.5 Å². The topological polar surface area (TPSA) is 93.2 Å². The summed E-state index contributed by atoms with van der Waals surface area (Å²) in [6, 6.07) is 7.16. The number of anilines is 2. The first-order valence-electron chi connectivity index (χ1n) is 4.83. The number of carbonyl (C=O) groups is 1. The van der Waals surface area contributed by atoms with E-state index < -0.39 is 12.1 Å². The quantitative estimate of drug-likeness (QED) is 0.565. The molecule has 16 heavy (non-hydrogen) atoms. The van der Waals surface area contributed by atoms with Gasteiger partial charge in [-0.2, -0.15) is 0 Å². The molecule has 0 heterocycles. The van der Waals surface area contributed by atoms with Gasteiger partial charge in [-0.1, -0.05) is 6.58 Å². The number of benzene rings is 1. The van der Waals surface area contributed by atoms with Gasteiger partial charge in [-0.3, -0.25) is 4.79 Å². The zero-order valence-corrected chi connectivity index (χ0v) is 9.16. The number of allylic oxidation sites excluding steroid dienone is 1. The maximum atomic E-state index is 11.2. The van der Waals surface area contributed by atoms with Crippen molar-refractivity contribution < 1.29 is 4.79 Å². The molecule has 5 nitrogen and oxygen atoms in total. The summed E-state index contributed by atoms with van der Waals surface area (Å²) < 4.78 is 0. The Bertz CT molecular complexity index is 383. The molecule has 0 atom stereocenters. The zero-order chi connectivity index (χ0) is 12.1. The van der Waals surface area contributed by atoms with E-state index in [2.05, 4.69) is 17.2 Å². The summed E-state index contributed by atoms with van der Waals surface area (Å²) in [5.74, 6) is -0.416. The first-order chi connectivity index (χ1) is 7.49. The second-order valence-corrected chi connectivity index (χ2v) is 3.50. The van der Waals surface area contributed by atoms with Crippen molar-refractivity contribution >= 4 is 17.3 Å². The normalized spacial score (nSPS) is 10.0. The Morgan fingerprint density at radius 3 is 2.00 bits per heavy atom. The van der Waals surface area contributed by atoms with Gasteiger partial charge >= 0.3 is 0 Å². The highest BCUT2D eigenvalue weighted by Crippen LogP contribution is 2.14. The standard InChI is InChI=1S/C11H16N4O/c1-7(2)14-8-3-5-9(6-4-8)15-11(16)10(12)13/h3-6,10,14H,1,12-13H2,2H3,(H,15,16). The summed E-state index contributed by atoms with van der Waals surface area (Å²) in [4.78, 5) is 11.2. The van der Waals surface area contributed by atoms with E-state index in [0.29, 0.717) is 5.69 Å². The van der Waals surface area contributed by atoms with Crippen LogP contribution in [0.4, 0.5) is 11.4 Å². The summed E-state index contributed by atoms with van der Waals surface area (Å²) >= 11 is 0. The third kappa shape index (κ3) is 3.72. The van der Waals surface area contributed by atoms with Crippen LogP contribution in [-0.4, -0.2) is 12.1 Å². The molecule has 0 unspecified atom stereocenters. The van der Waals surface area contributed by atoms with Crippen molar-refractivity contribution in [1.29, 1.82) is 0 Å². The number of carbonyl (C=O) groups excluding carboxylic acids is 1. The smallest absolute Gasteiger partial charge is 0.255 e. The minimum Gasteiger partial charge on any atom is -0.360 e. The Morgan fingerprint density at radius 1 is 1.19 bits per heavy atom. The molecule has 5 heteroatoms. The predicted octanol–water partition coefficient (Wildman–Crippen LogP) is 0.814. The summed E-state index contributed by atoms with van der Waals surface area (Å²) in [6.07, 6.45) is -1.01. The highest BCUT2D eigenvalue weighted by atomic mass is 16.2. The Balaban J connectivity index is 2.64. The fourth-order valence-corrected chi connectivity index (χ4v) is 1.11. The van der Waals surface area contributed by atoms with Crippen molar-refractivity contribution in [1.82, 2.24) is 0 Å². The largest absolute Gasteiger partial charge is 0.360 e. The van der Waals surface area contributed by atoms with Crippen molar-refractivity contribution in [2.75, 3.05) is 10.6 Å². The minimum atomic E-state index is -1.01. The van der Waals surface area contributed by atoms with Gasteiger partial charge in [0, 0.05) is 17.1 Å². The van der Waals surface area contributed by atoms with Gasteiger partial charge in [-0.25, -0.2) is 0 Å². The number of hydrogen-bond acceptors (Lipinski definition) is 4. The molecule has 0 aliphatic carbocycles. The van der Waals surface area contributed by atoms with E-state index in [-0.39, 0.29) is 0 Å². The molecule has 0 spiro atoms. The van der Waals surface area contributed by atoms with Crippen molar-refractivity contribution in [3.63, 3.8) is 0 Å². The van der Waals surface area contributed by atoms with Gasteiger partial charge in [0.2, 0.25) is 0 Å². The predicted molar refractivity (Wildman–Crippen MR) is 65.7 cm³/mol. The number of nitrogens with two attached hydrogens (primary N) is 2. The molecule has 86 valence electrons. The van der Waals surface area contributed by atoms with Gasteiger partial charge < -0.3 is 22.1 Å². The van der Waals surface area contributed by atoms with Crippen LogP contribution in [0.2, 0.25) is 0 Å². The maximum Gasteiger partial charge on any atom is 0.255 e. The maximum absolute atomic E-state index is 11.2. The van der Waals surface area contributed by atoms with E-state index in [9.17, 15) is 4.79 Å². The molecule has 1 aromatic carbocycles. The Labute approximate surface area is 94.5 Å². The average molecular weight is 220 g/mol. The van der Waals surface area contributed by atoms with Crippen LogP contribution in [0.3, 0.4) is 0 Å². The van der Waals surface area contributed by atoms with Crippen LogP contribution in [0.25, 0.3) is 0 Å².